The first kappa shape index (κ1) is 19.0. The number of ether oxygens (including phenoxy) is 1. The number of unbranched alkanes of at least 4 members (excludes halogenated alkanes) is 1. The van der Waals surface area contributed by atoms with Crippen LogP contribution in [0.25, 0.3) is 22.2 Å². The quantitative estimate of drug-likeness (QED) is 0.464. The molecular weight excluding hydrogens is 388 g/mol. The molecule has 1 aromatic heterocycles. The van der Waals surface area contributed by atoms with E-state index in [1.54, 1.807) is 7.11 Å². The fraction of sp³-hybridized carbons (Fsp3) is 0.364. The number of aromatic nitrogens is 1. The number of hydrogen-bond acceptors (Lipinski definition) is 2. The molecule has 0 saturated heterocycles. The van der Waals surface area contributed by atoms with Crippen LogP contribution < -0.4 is 10.5 Å². The molecule has 0 spiro atoms. The molecule has 26 heavy (non-hydrogen) atoms. The number of hydrogen-bond donors (Lipinski definition) is 2. The molecular formula is C22H27BrN2O. The van der Waals surface area contributed by atoms with Gasteiger partial charge in [-0.25, -0.2) is 0 Å². The summed E-state index contributed by atoms with van der Waals surface area (Å²) in [7, 11) is 1.73. The second-order valence-corrected chi connectivity index (χ2v) is 7.91. The second kappa shape index (κ2) is 8.28. The summed E-state index contributed by atoms with van der Waals surface area (Å²) < 4.78 is 6.69. The summed E-state index contributed by atoms with van der Waals surface area (Å²) in [6.45, 7) is 5.21. The summed E-state index contributed by atoms with van der Waals surface area (Å²) in [6, 6.07) is 12.8. The van der Waals surface area contributed by atoms with Gasteiger partial charge in [0.1, 0.15) is 5.75 Å². The van der Waals surface area contributed by atoms with E-state index in [0.717, 1.165) is 47.3 Å². The normalized spacial score (nSPS) is 11.5. The van der Waals surface area contributed by atoms with E-state index in [4.69, 9.17) is 10.5 Å². The van der Waals surface area contributed by atoms with Gasteiger partial charge in [-0.3, -0.25) is 0 Å². The minimum Gasteiger partial charge on any atom is -0.496 e. The Morgan fingerprint density at radius 3 is 2.65 bits per heavy atom. The molecule has 0 fully saturated rings. The van der Waals surface area contributed by atoms with Crippen LogP contribution in [0.5, 0.6) is 5.75 Å². The zero-order valence-corrected chi connectivity index (χ0v) is 17.3. The SMILES string of the molecule is COc1ccc(Br)cc1-c1[nH]c2c(C(C)C)cccc2c1CCCCN. The first-order chi connectivity index (χ1) is 12.6. The summed E-state index contributed by atoms with van der Waals surface area (Å²) >= 11 is 3.61. The van der Waals surface area contributed by atoms with Crippen molar-refractivity contribution in [3.05, 3.63) is 52.0 Å². The van der Waals surface area contributed by atoms with Crippen molar-refractivity contribution in [3.8, 4) is 17.0 Å². The molecule has 0 aliphatic carbocycles. The van der Waals surface area contributed by atoms with E-state index in [0.29, 0.717) is 5.92 Å². The van der Waals surface area contributed by atoms with Crippen LogP contribution in [0.1, 0.15) is 43.7 Å². The molecule has 3 nitrogen and oxygen atoms in total. The fourth-order valence-electron chi connectivity index (χ4n) is 3.59. The number of halogens is 1. The summed E-state index contributed by atoms with van der Waals surface area (Å²) in [6.07, 6.45) is 3.12. The van der Waals surface area contributed by atoms with Gasteiger partial charge in [0.2, 0.25) is 0 Å². The molecule has 0 amide bonds. The Labute approximate surface area is 164 Å². The molecule has 3 rings (SSSR count). The van der Waals surface area contributed by atoms with Crippen molar-refractivity contribution in [2.45, 2.75) is 39.0 Å². The van der Waals surface area contributed by atoms with Gasteiger partial charge < -0.3 is 15.5 Å². The maximum absolute atomic E-state index is 5.73. The zero-order valence-electron chi connectivity index (χ0n) is 15.7. The summed E-state index contributed by atoms with van der Waals surface area (Å²) in [5.41, 5.74) is 11.9. The Bertz CT molecular complexity index is 899. The highest BCUT2D eigenvalue weighted by Gasteiger charge is 2.19. The molecule has 0 atom stereocenters. The average molecular weight is 415 g/mol. The molecule has 0 bridgehead atoms. The molecule has 0 aliphatic rings. The van der Waals surface area contributed by atoms with Crippen LogP contribution in [0.2, 0.25) is 0 Å². The van der Waals surface area contributed by atoms with Crippen molar-refractivity contribution < 1.29 is 4.74 Å². The van der Waals surface area contributed by atoms with E-state index in [1.165, 1.54) is 22.0 Å². The lowest BCUT2D eigenvalue weighted by atomic mass is 9.96. The fourth-order valence-corrected chi connectivity index (χ4v) is 3.95. The number of fused-ring (bicyclic) bond motifs is 1. The molecule has 0 saturated carbocycles. The number of para-hydroxylation sites is 1. The molecule has 3 aromatic rings. The Balaban J connectivity index is 2.25. The average Bonchev–Trinajstić information content (AvgIpc) is 3.00. The van der Waals surface area contributed by atoms with Crippen molar-refractivity contribution in [3.63, 3.8) is 0 Å². The third kappa shape index (κ3) is 3.67. The highest BCUT2D eigenvalue weighted by molar-refractivity contribution is 9.10. The molecule has 4 heteroatoms. The molecule has 3 N–H and O–H groups in total. The van der Waals surface area contributed by atoms with Gasteiger partial charge >= 0.3 is 0 Å². The Morgan fingerprint density at radius 2 is 1.96 bits per heavy atom. The van der Waals surface area contributed by atoms with Gasteiger partial charge in [0, 0.05) is 20.9 Å². The third-order valence-corrected chi connectivity index (χ3v) is 5.40. The van der Waals surface area contributed by atoms with Gasteiger partial charge in [0.15, 0.2) is 0 Å². The Hall–Kier alpha value is -1.78. The molecule has 1 heterocycles. The molecule has 0 radical (unpaired) electrons. The number of nitrogens with two attached hydrogens (primary N) is 1. The van der Waals surface area contributed by atoms with Gasteiger partial charge in [0.05, 0.1) is 12.8 Å². The number of benzene rings is 2. The minimum atomic E-state index is 0.464. The van der Waals surface area contributed by atoms with Crippen molar-refractivity contribution in [1.29, 1.82) is 0 Å². The smallest absolute Gasteiger partial charge is 0.128 e. The predicted octanol–water partition coefficient (Wildman–Crippen LogP) is 6.01. The number of aryl methyl sites for hydroxylation is 1. The Kier molecular flexibility index (Phi) is 6.05. The first-order valence-corrected chi connectivity index (χ1v) is 10.0. The van der Waals surface area contributed by atoms with Gasteiger partial charge in [-0.2, -0.15) is 0 Å². The van der Waals surface area contributed by atoms with Crippen LogP contribution in [-0.2, 0) is 6.42 Å². The zero-order chi connectivity index (χ0) is 18.7. The number of rotatable bonds is 7. The monoisotopic (exact) mass is 414 g/mol. The van der Waals surface area contributed by atoms with Gasteiger partial charge in [-0.05, 0) is 61.1 Å². The number of methoxy groups -OCH3 is 1. The predicted molar refractivity (Wildman–Crippen MR) is 114 cm³/mol. The molecule has 2 aromatic carbocycles. The molecule has 0 unspecified atom stereocenters. The summed E-state index contributed by atoms with van der Waals surface area (Å²) in [4.78, 5) is 3.73. The van der Waals surface area contributed by atoms with Gasteiger partial charge in [-0.15, -0.1) is 0 Å². The van der Waals surface area contributed by atoms with Gasteiger partial charge in [-0.1, -0.05) is 48.0 Å². The van der Waals surface area contributed by atoms with Crippen LogP contribution in [0.4, 0.5) is 0 Å². The number of H-pyrrole nitrogens is 1. The first-order valence-electron chi connectivity index (χ1n) is 9.24. The maximum atomic E-state index is 5.73. The lowest BCUT2D eigenvalue weighted by Gasteiger charge is -2.10. The summed E-state index contributed by atoms with van der Waals surface area (Å²) in [5.74, 6) is 1.34. The van der Waals surface area contributed by atoms with Gasteiger partial charge in [0.25, 0.3) is 0 Å². The highest BCUT2D eigenvalue weighted by Crippen LogP contribution is 2.39. The van der Waals surface area contributed by atoms with Crippen LogP contribution in [0.15, 0.2) is 40.9 Å². The van der Waals surface area contributed by atoms with Crippen LogP contribution >= 0.6 is 15.9 Å². The van der Waals surface area contributed by atoms with E-state index < -0.39 is 0 Å². The lowest BCUT2D eigenvalue weighted by Crippen LogP contribution is -1.99. The van der Waals surface area contributed by atoms with Crippen LogP contribution in [-0.4, -0.2) is 18.6 Å². The molecule has 138 valence electrons. The van der Waals surface area contributed by atoms with E-state index in [2.05, 4.69) is 59.0 Å². The topological polar surface area (TPSA) is 51.0 Å². The largest absolute Gasteiger partial charge is 0.496 e. The standard InChI is InChI=1S/C22H27BrN2O/c1-14(2)16-8-6-9-18-17(7-4-5-12-24)22(25-21(16)18)19-13-15(23)10-11-20(19)26-3/h6,8-11,13-14,25H,4-5,7,12,24H2,1-3H3. The Morgan fingerprint density at radius 1 is 1.15 bits per heavy atom. The third-order valence-electron chi connectivity index (χ3n) is 4.91. The van der Waals surface area contributed by atoms with Crippen molar-refractivity contribution in [2.75, 3.05) is 13.7 Å². The van der Waals surface area contributed by atoms with Crippen molar-refractivity contribution in [2.24, 2.45) is 5.73 Å². The maximum Gasteiger partial charge on any atom is 0.128 e. The number of aromatic amines is 1. The van der Waals surface area contributed by atoms with E-state index in [1.807, 2.05) is 12.1 Å². The molecule has 0 aliphatic heterocycles. The van der Waals surface area contributed by atoms with E-state index in [-0.39, 0.29) is 0 Å². The van der Waals surface area contributed by atoms with E-state index in [9.17, 15) is 0 Å². The number of nitrogens with one attached hydrogen (secondary N) is 1. The van der Waals surface area contributed by atoms with Crippen LogP contribution in [0.3, 0.4) is 0 Å². The highest BCUT2D eigenvalue weighted by atomic mass is 79.9. The van der Waals surface area contributed by atoms with Crippen molar-refractivity contribution in [1.82, 2.24) is 4.98 Å². The lowest BCUT2D eigenvalue weighted by molar-refractivity contribution is 0.416. The second-order valence-electron chi connectivity index (χ2n) is 6.99. The van der Waals surface area contributed by atoms with E-state index >= 15 is 0 Å². The van der Waals surface area contributed by atoms with Crippen molar-refractivity contribution >= 4 is 26.8 Å². The van der Waals surface area contributed by atoms with Crippen LogP contribution in [0, 0.1) is 0 Å². The minimum absolute atomic E-state index is 0.464. The summed E-state index contributed by atoms with van der Waals surface area (Å²) in [5, 5.41) is 1.31.